The number of hydrogen-bond acceptors (Lipinski definition) is 6. The lowest BCUT2D eigenvalue weighted by Gasteiger charge is -2.19. The Morgan fingerprint density at radius 2 is 1.78 bits per heavy atom. The van der Waals surface area contributed by atoms with Crippen LogP contribution in [-0.2, 0) is 0 Å². The lowest BCUT2D eigenvalue weighted by atomic mass is 10.5. The zero-order valence-electron chi connectivity index (χ0n) is 11.4. The molecule has 0 fully saturated rings. The van der Waals surface area contributed by atoms with Gasteiger partial charge in [-0.05, 0) is 39.5 Å². The summed E-state index contributed by atoms with van der Waals surface area (Å²) in [7, 11) is 4.03. The number of halogens is 1. The Balaban J connectivity index is 2.74. The number of rotatable bonds is 7. The summed E-state index contributed by atoms with van der Waals surface area (Å²) in [6.45, 7) is 7.47. The Morgan fingerprint density at radius 3 is 2.33 bits per heavy atom. The van der Waals surface area contributed by atoms with Gasteiger partial charge in [-0.25, -0.2) is 0 Å². The van der Waals surface area contributed by atoms with Gasteiger partial charge in [-0.15, -0.1) is 0 Å². The average Bonchev–Trinajstić information content (AvgIpc) is 2.29. The average molecular weight is 273 g/mol. The van der Waals surface area contributed by atoms with Gasteiger partial charge in [0, 0.05) is 26.2 Å². The van der Waals surface area contributed by atoms with E-state index in [2.05, 4.69) is 39.0 Å². The summed E-state index contributed by atoms with van der Waals surface area (Å²) in [5, 5.41) is 3.37. The second-order valence-corrected chi connectivity index (χ2v) is 4.47. The van der Waals surface area contributed by atoms with E-state index in [1.54, 1.807) is 0 Å². The third kappa shape index (κ3) is 4.62. The van der Waals surface area contributed by atoms with Crippen molar-refractivity contribution in [3.05, 3.63) is 5.28 Å². The SMILES string of the molecule is CCN(CC)c1nc(Cl)nc(NCCN(C)C)n1. The van der Waals surface area contributed by atoms with E-state index in [9.17, 15) is 0 Å². The van der Waals surface area contributed by atoms with E-state index in [-0.39, 0.29) is 5.28 Å². The summed E-state index contributed by atoms with van der Waals surface area (Å²) in [5.41, 5.74) is 0. The van der Waals surface area contributed by atoms with Crippen molar-refractivity contribution in [3.8, 4) is 0 Å². The monoisotopic (exact) mass is 272 g/mol. The zero-order chi connectivity index (χ0) is 13.5. The molecule has 1 aromatic heterocycles. The highest BCUT2D eigenvalue weighted by Crippen LogP contribution is 2.13. The first kappa shape index (κ1) is 14.9. The Morgan fingerprint density at radius 1 is 1.11 bits per heavy atom. The number of nitrogens with one attached hydrogen (secondary N) is 1. The molecule has 0 aliphatic rings. The molecule has 102 valence electrons. The third-order valence-corrected chi connectivity index (χ3v) is 2.65. The van der Waals surface area contributed by atoms with Crippen molar-refractivity contribution >= 4 is 23.5 Å². The molecule has 1 rings (SSSR count). The van der Waals surface area contributed by atoms with Gasteiger partial charge < -0.3 is 15.1 Å². The molecule has 7 heteroatoms. The lowest BCUT2D eigenvalue weighted by Crippen LogP contribution is -2.26. The quantitative estimate of drug-likeness (QED) is 0.809. The van der Waals surface area contributed by atoms with E-state index in [4.69, 9.17) is 11.6 Å². The molecule has 0 aliphatic carbocycles. The normalized spacial score (nSPS) is 10.8. The maximum absolute atomic E-state index is 5.91. The minimum Gasteiger partial charge on any atom is -0.353 e. The number of aromatic nitrogens is 3. The van der Waals surface area contributed by atoms with Gasteiger partial charge in [-0.2, -0.15) is 15.0 Å². The molecule has 0 unspecified atom stereocenters. The molecule has 0 aromatic carbocycles. The summed E-state index contributed by atoms with van der Waals surface area (Å²) in [6.07, 6.45) is 0. The first-order chi connectivity index (χ1) is 8.56. The lowest BCUT2D eigenvalue weighted by molar-refractivity contribution is 0.425. The molecule has 0 bridgehead atoms. The highest BCUT2D eigenvalue weighted by Gasteiger charge is 2.09. The van der Waals surface area contributed by atoms with Gasteiger partial charge in [-0.3, -0.25) is 0 Å². The van der Waals surface area contributed by atoms with Crippen LogP contribution in [0, 0.1) is 0 Å². The van der Waals surface area contributed by atoms with Gasteiger partial charge >= 0.3 is 0 Å². The van der Waals surface area contributed by atoms with Crippen molar-refractivity contribution in [2.75, 3.05) is 50.5 Å². The predicted molar refractivity (Wildman–Crippen MR) is 75.4 cm³/mol. The van der Waals surface area contributed by atoms with Gasteiger partial charge in [-0.1, -0.05) is 0 Å². The smallest absolute Gasteiger partial charge is 0.231 e. The molecule has 0 saturated heterocycles. The summed E-state index contributed by atoms with van der Waals surface area (Å²) in [5.74, 6) is 1.14. The van der Waals surface area contributed by atoms with Crippen LogP contribution in [0.5, 0.6) is 0 Å². The van der Waals surface area contributed by atoms with E-state index in [0.717, 1.165) is 26.2 Å². The maximum atomic E-state index is 5.91. The Bertz CT molecular complexity index is 367. The Hall–Kier alpha value is -1.14. The fourth-order valence-corrected chi connectivity index (χ4v) is 1.61. The molecule has 0 spiro atoms. The van der Waals surface area contributed by atoms with Crippen molar-refractivity contribution < 1.29 is 0 Å². The largest absolute Gasteiger partial charge is 0.353 e. The van der Waals surface area contributed by atoms with Crippen molar-refractivity contribution in [1.29, 1.82) is 0 Å². The van der Waals surface area contributed by atoms with Crippen molar-refractivity contribution in [2.45, 2.75) is 13.8 Å². The van der Waals surface area contributed by atoms with Gasteiger partial charge in [0.2, 0.25) is 17.2 Å². The highest BCUT2D eigenvalue weighted by atomic mass is 35.5. The third-order valence-electron chi connectivity index (χ3n) is 2.48. The van der Waals surface area contributed by atoms with Crippen LogP contribution in [0.3, 0.4) is 0 Å². The van der Waals surface area contributed by atoms with E-state index in [1.807, 2.05) is 19.0 Å². The van der Waals surface area contributed by atoms with Crippen LogP contribution in [-0.4, -0.2) is 60.1 Å². The highest BCUT2D eigenvalue weighted by molar-refractivity contribution is 6.28. The van der Waals surface area contributed by atoms with E-state index < -0.39 is 0 Å². The second kappa shape index (κ2) is 7.33. The molecule has 6 nitrogen and oxygen atoms in total. The molecular weight excluding hydrogens is 252 g/mol. The van der Waals surface area contributed by atoms with Gasteiger partial charge in [0.15, 0.2) is 0 Å². The summed E-state index contributed by atoms with van der Waals surface area (Å²) in [4.78, 5) is 16.7. The van der Waals surface area contributed by atoms with Gasteiger partial charge in [0.1, 0.15) is 0 Å². The van der Waals surface area contributed by atoms with Crippen LogP contribution in [0.2, 0.25) is 5.28 Å². The number of anilines is 2. The molecule has 0 amide bonds. The van der Waals surface area contributed by atoms with Crippen LogP contribution in [0.15, 0.2) is 0 Å². The summed E-state index contributed by atoms with van der Waals surface area (Å²) < 4.78 is 0. The molecule has 0 saturated carbocycles. The van der Waals surface area contributed by atoms with Crippen LogP contribution in [0.4, 0.5) is 11.9 Å². The minimum atomic E-state index is 0.222. The first-order valence-electron chi connectivity index (χ1n) is 6.12. The van der Waals surface area contributed by atoms with E-state index >= 15 is 0 Å². The molecule has 18 heavy (non-hydrogen) atoms. The fourth-order valence-electron chi connectivity index (χ4n) is 1.46. The standard InChI is InChI=1S/C11H21ClN6/c1-5-18(6-2)11-15-9(12)14-10(16-11)13-7-8-17(3)4/h5-8H2,1-4H3,(H,13,14,15,16). The fraction of sp³-hybridized carbons (Fsp3) is 0.727. The molecule has 1 aromatic rings. The molecule has 0 atom stereocenters. The van der Waals surface area contributed by atoms with Crippen LogP contribution >= 0.6 is 11.6 Å². The minimum absolute atomic E-state index is 0.222. The van der Waals surface area contributed by atoms with Crippen LogP contribution < -0.4 is 10.2 Å². The van der Waals surface area contributed by atoms with Crippen LogP contribution in [0.25, 0.3) is 0 Å². The molecule has 0 radical (unpaired) electrons. The summed E-state index contributed by atoms with van der Waals surface area (Å²) in [6, 6.07) is 0. The van der Waals surface area contributed by atoms with Crippen LogP contribution in [0.1, 0.15) is 13.8 Å². The summed E-state index contributed by atoms with van der Waals surface area (Å²) >= 11 is 5.91. The van der Waals surface area contributed by atoms with Crippen molar-refractivity contribution in [3.63, 3.8) is 0 Å². The first-order valence-corrected chi connectivity index (χ1v) is 6.49. The number of nitrogens with zero attached hydrogens (tertiary/aromatic N) is 5. The zero-order valence-corrected chi connectivity index (χ0v) is 12.2. The number of hydrogen-bond donors (Lipinski definition) is 1. The molecule has 1 N–H and O–H groups in total. The number of likely N-dealkylation sites (N-methyl/N-ethyl adjacent to an activating group) is 1. The van der Waals surface area contributed by atoms with Crippen molar-refractivity contribution in [2.24, 2.45) is 0 Å². The van der Waals surface area contributed by atoms with Gasteiger partial charge in [0.05, 0.1) is 0 Å². The van der Waals surface area contributed by atoms with Crippen molar-refractivity contribution in [1.82, 2.24) is 19.9 Å². The molecular formula is C11H21ClN6. The predicted octanol–water partition coefficient (Wildman–Crippen LogP) is 1.34. The second-order valence-electron chi connectivity index (χ2n) is 4.13. The molecule has 1 heterocycles. The van der Waals surface area contributed by atoms with Gasteiger partial charge in [0.25, 0.3) is 0 Å². The maximum Gasteiger partial charge on any atom is 0.231 e. The topological polar surface area (TPSA) is 57.2 Å². The van der Waals surface area contributed by atoms with E-state index in [1.165, 1.54) is 0 Å². The van der Waals surface area contributed by atoms with E-state index in [0.29, 0.717) is 11.9 Å². The molecule has 0 aliphatic heterocycles. The Kier molecular flexibility index (Phi) is 6.07. The Labute approximate surface area is 113 Å².